The molecular formula is C20H18N4OS3. The van der Waals surface area contributed by atoms with Crippen LogP contribution in [0.15, 0.2) is 52.9 Å². The van der Waals surface area contributed by atoms with Gasteiger partial charge in [-0.25, -0.2) is 4.98 Å². The maximum absolute atomic E-state index is 12.7. The number of carbonyl (C=O) groups excluding carboxylic acids is 1. The predicted octanol–water partition coefficient (Wildman–Crippen LogP) is 5.63. The van der Waals surface area contributed by atoms with E-state index in [1.807, 2.05) is 56.3 Å². The van der Waals surface area contributed by atoms with Crippen molar-refractivity contribution in [1.29, 1.82) is 0 Å². The summed E-state index contributed by atoms with van der Waals surface area (Å²) < 4.78 is 2.04. The summed E-state index contributed by atoms with van der Waals surface area (Å²) in [6.45, 7) is 4.04. The topological polar surface area (TPSA) is 67.8 Å². The average molecular weight is 427 g/mol. The third kappa shape index (κ3) is 4.24. The molecule has 4 rings (SSSR count). The van der Waals surface area contributed by atoms with Gasteiger partial charge in [-0.05, 0) is 31.5 Å². The van der Waals surface area contributed by atoms with Gasteiger partial charge in [0, 0.05) is 5.56 Å². The number of fused-ring (bicyclic) bond motifs is 1. The Bertz CT molecular complexity index is 1090. The van der Waals surface area contributed by atoms with Crippen molar-refractivity contribution in [2.24, 2.45) is 0 Å². The van der Waals surface area contributed by atoms with E-state index in [1.165, 1.54) is 23.1 Å². The van der Waals surface area contributed by atoms with Crippen molar-refractivity contribution in [2.45, 2.75) is 29.9 Å². The quantitative estimate of drug-likeness (QED) is 0.405. The summed E-state index contributed by atoms with van der Waals surface area (Å²) in [4.78, 5) is 17.4. The fourth-order valence-electron chi connectivity index (χ4n) is 2.70. The molecule has 8 heteroatoms. The third-order valence-electron chi connectivity index (χ3n) is 4.10. The maximum atomic E-state index is 12.7. The molecule has 2 heterocycles. The van der Waals surface area contributed by atoms with E-state index in [0.29, 0.717) is 11.6 Å². The minimum absolute atomic E-state index is 0.0706. The van der Waals surface area contributed by atoms with Crippen LogP contribution in [0, 0.1) is 6.92 Å². The number of hydrogen-bond acceptors (Lipinski definition) is 7. The molecule has 0 radical (unpaired) electrons. The minimum atomic E-state index is -0.230. The van der Waals surface area contributed by atoms with E-state index >= 15 is 0 Å². The molecule has 0 saturated heterocycles. The van der Waals surface area contributed by atoms with E-state index in [1.54, 1.807) is 11.3 Å². The largest absolute Gasteiger partial charge is 0.300 e. The van der Waals surface area contributed by atoms with E-state index in [-0.39, 0.29) is 11.2 Å². The van der Waals surface area contributed by atoms with Crippen molar-refractivity contribution in [2.75, 3.05) is 5.32 Å². The highest BCUT2D eigenvalue weighted by molar-refractivity contribution is 8.02. The number of nitrogens with zero attached hydrogens (tertiary/aromatic N) is 3. The molecule has 0 aliphatic carbocycles. The van der Waals surface area contributed by atoms with Gasteiger partial charge in [0.1, 0.15) is 5.01 Å². The number of hydrogen-bond donors (Lipinski definition) is 1. The second kappa shape index (κ2) is 8.38. The molecular weight excluding hydrogens is 408 g/mol. The zero-order valence-electron chi connectivity index (χ0n) is 15.4. The number of thioether (sulfide) groups is 1. The van der Waals surface area contributed by atoms with Crippen molar-refractivity contribution in [3.8, 4) is 10.6 Å². The average Bonchev–Trinajstić information content (AvgIpc) is 3.32. The first-order chi connectivity index (χ1) is 13.6. The summed E-state index contributed by atoms with van der Waals surface area (Å²) in [7, 11) is 0. The van der Waals surface area contributed by atoms with Crippen LogP contribution >= 0.6 is 34.4 Å². The van der Waals surface area contributed by atoms with Crippen molar-refractivity contribution >= 4 is 55.7 Å². The maximum Gasteiger partial charge on any atom is 0.239 e. The molecule has 0 aliphatic rings. The molecule has 1 amide bonds. The predicted molar refractivity (Wildman–Crippen MR) is 118 cm³/mol. The summed E-state index contributed by atoms with van der Waals surface area (Å²) in [5.74, 6) is -0.0706. The molecule has 0 saturated carbocycles. The normalized spacial score (nSPS) is 12.2. The van der Waals surface area contributed by atoms with Gasteiger partial charge in [0.05, 0.1) is 15.5 Å². The van der Waals surface area contributed by atoms with E-state index in [4.69, 9.17) is 0 Å². The zero-order valence-corrected chi connectivity index (χ0v) is 17.8. The highest BCUT2D eigenvalue weighted by Gasteiger charge is 2.21. The number of anilines is 1. The van der Waals surface area contributed by atoms with Gasteiger partial charge in [-0.2, -0.15) is 0 Å². The number of nitrogens with one attached hydrogen (secondary N) is 1. The van der Waals surface area contributed by atoms with Gasteiger partial charge >= 0.3 is 0 Å². The number of rotatable bonds is 6. The molecule has 0 aliphatic heterocycles. The van der Waals surface area contributed by atoms with Crippen LogP contribution in [0.3, 0.4) is 0 Å². The molecule has 28 heavy (non-hydrogen) atoms. The van der Waals surface area contributed by atoms with Gasteiger partial charge in [0.15, 0.2) is 4.34 Å². The molecule has 5 nitrogen and oxygen atoms in total. The van der Waals surface area contributed by atoms with Crippen LogP contribution in [0.1, 0.15) is 18.9 Å². The monoisotopic (exact) mass is 426 g/mol. The van der Waals surface area contributed by atoms with Gasteiger partial charge in [-0.15, -0.1) is 21.5 Å². The van der Waals surface area contributed by atoms with Gasteiger partial charge in [0.25, 0.3) is 0 Å². The highest BCUT2D eigenvalue weighted by atomic mass is 32.2. The standard InChI is InChI=1S/C20H18N4OS3/c1-3-15(26-20-21-14-9-4-5-10-16(14)27-20)17(25)22-19-24-23-18(28-19)13-8-6-7-12(2)11-13/h4-11,15H,3H2,1-2H3,(H,22,24,25). The van der Waals surface area contributed by atoms with Crippen LogP contribution in [-0.4, -0.2) is 26.3 Å². The number of para-hydroxylation sites is 1. The molecule has 1 unspecified atom stereocenters. The van der Waals surface area contributed by atoms with Crippen molar-refractivity contribution in [3.05, 3.63) is 54.1 Å². The minimum Gasteiger partial charge on any atom is -0.300 e. The molecule has 1 atom stereocenters. The summed E-state index contributed by atoms with van der Waals surface area (Å²) in [6.07, 6.45) is 0.704. The molecule has 0 spiro atoms. The molecule has 0 fully saturated rings. The molecule has 2 aromatic heterocycles. The van der Waals surface area contributed by atoms with Crippen LogP contribution in [0.25, 0.3) is 20.8 Å². The van der Waals surface area contributed by atoms with E-state index in [9.17, 15) is 4.79 Å². The first-order valence-electron chi connectivity index (χ1n) is 8.86. The molecule has 0 bridgehead atoms. The summed E-state index contributed by atoms with van der Waals surface area (Å²) in [5, 5.41) is 12.3. The lowest BCUT2D eigenvalue weighted by Gasteiger charge is -2.11. The Morgan fingerprint density at radius 1 is 1.14 bits per heavy atom. The van der Waals surface area contributed by atoms with Crippen molar-refractivity contribution < 1.29 is 4.79 Å². The lowest BCUT2D eigenvalue weighted by molar-refractivity contribution is -0.115. The Balaban J connectivity index is 1.45. The summed E-state index contributed by atoms with van der Waals surface area (Å²) in [5.41, 5.74) is 3.14. The van der Waals surface area contributed by atoms with Gasteiger partial charge in [-0.3, -0.25) is 10.1 Å². The molecule has 2 aromatic carbocycles. The Kier molecular flexibility index (Phi) is 5.70. The third-order valence-corrected chi connectivity index (χ3v) is 7.48. The van der Waals surface area contributed by atoms with E-state index in [0.717, 1.165) is 30.7 Å². The van der Waals surface area contributed by atoms with Crippen LogP contribution in [-0.2, 0) is 4.79 Å². The van der Waals surface area contributed by atoms with E-state index in [2.05, 4.69) is 26.6 Å². The zero-order chi connectivity index (χ0) is 19.5. The summed E-state index contributed by atoms with van der Waals surface area (Å²) >= 11 is 4.50. The number of aromatic nitrogens is 3. The van der Waals surface area contributed by atoms with Crippen LogP contribution in [0.4, 0.5) is 5.13 Å². The SMILES string of the molecule is CCC(Sc1nc2ccccc2s1)C(=O)Nc1nnc(-c2cccc(C)c2)s1. The van der Waals surface area contributed by atoms with Gasteiger partial charge in [-0.1, -0.05) is 65.9 Å². The number of benzene rings is 2. The van der Waals surface area contributed by atoms with E-state index < -0.39 is 0 Å². The fourth-order valence-corrected chi connectivity index (χ4v) is 5.68. The van der Waals surface area contributed by atoms with Crippen molar-refractivity contribution in [3.63, 3.8) is 0 Å². The Labute approximate surface area is 175 Å². The number of aryl methyl sites for hydroxylation is 1. The van der Waals surface area contributed by atoms with Crippen LogP contribution < -0.4 is 5.32 Å². The second-order valence-electron chi connectivity index (χ2n) is 6.23. The lowest BCUT2D eigenvalue weighted by Crippen LogP contribution is -2.24. The Morgan fingerprint density at radius 2 is 2.00 bits per heavy atom. The number of amides is 1. The Hall–Kier alpha value is -2.29. The number of thiazole rings is 1. The first-order valence-corrected chi connectivity index (χ1v) is 11.4. The molecule has 142 valence electrons. The smallest absolute Gasteiger partial charge is 0.239 e. The second-order valence-corrected chi connectivity index (χ2v) is 9.69. The molecule has 1 N–H and O–H groups in total. The van der Waals surface area contributed by atoms with Crippen LogP contribution in [0.2, 0.25) is 0 Å². The number of carbonyl (C=O) groups is 1. The lowest BCUT2D eigenvalue weighted by atomic mass is 10.1. The Morgan fingerprint density at radius 3 is 2.79 bits per heavy atom. The van der Waals surface area contributed by atoms with Crippen molar-refractivity contribution in [1.82, 2.24) is 15.2 Å². The van der Waals surface area contributed by atoms with Gasteiger partial charge in [0.2, 0.25) is 11.0 Å². The molecule has 4 aromatic rings. The van der Waals surface area contributed by atoms with Gasteiger partial charge < -0.3 is 0 Å². The highest BCUT2D eigenvalue weighted by Crippen LogP contribution is 2.34. The first kappa shape index (κ1) is 19.0. The fraction of sp³-hybridized carbons (Fsp3) is 0.200. The van der Waals surface area contributed by atoms with Crippen LogP contribution in [0.5, 0.6) is 0 Å². The summed E-state index contributed by atoms with van der Waals surface area (Å²) in [6, 6.07) is 16.1.